The Morgan fingerprint density at radius 3 is 2.57 bits per heavy atom. The summed E-state index contributed by atoms with van der Waals surface area (Å²) in [6.45, 7) is 3.86. The van der Waals surface area contributed by atoms with Crippen LogP contribution in [0.5, 0.6) is 0 Å². The van der Waals surface area contributed by atoms with Crippen molar-refractivity contribution in [1.82, 2.24) is 0 Å². The van der Waals surface area contributed by atoms with E-state index in [9.17, 15) is 14.4 Å². The summed E-state index contributed by atoms with van der Waals surface area (Å²) in [5.41, 5.74) is 1.72. The normalized spacial score (nSPS) is 11.7. The molecular formula is C23H23NO6. The third-order valence-electron chi connectivity index (χ3n) is 4.58. The second-order valence-corrected chi connectivity index (χ2v) is 6.82. The summed E-state index contributed by atoms with van der Waals surface area (Å²) in [5.74, 6) is -0.332. The Kier molecular flexibility index (Phi) is 6.85. The van der Waals surface area contributed by atoms with Crippen molar-refractivity contribution in [2.75, 3.05) is 11.9 Å². The fourth-order valence-electron chi connectivity index (χ4n) is 3.08. The molecule has 1 N–H and O–H groups in total. The summed E-state index contributed by atoms with van der Waals surface area (Å²) < 4.78 is 15.5. The van der Waals surface area contributed by atoms with E-state index in [0.29, 0.717) is 16.6 Å². The molecule has 0 spiro atoms. The summed E-state index contributed by atoms with van der Waals surface area (Å²) >= 11 is 0. The van der Waals surface area contributed by atoms with Gasteiger partial charge in [0.2, 0.25) is 0 Å². The number of amides is 1. The highest BCUT2D eigenvalue weighted by atomic mass is 16.5. The molecule has 1 atom stereocenters. The molecule has 7 heteroatoms. The molecule has 0 saturated carbocycles. The number of esters is 1. The van der Waals surface area contributed by atoms with Crippen molar-refractivity contribution < 1.29 is 23.5 Å². The molecule has 1 aromatic heterocycles. The van der Waals surface area contributed by atoms with Crippen molar-refractivity contribution in [2.45, 2.75) is 32.8 Å². The molecule has 7 nitrogen and oxygen atoms in total. The molecule has 3 aromatic rings. The molecule has 0 bridgehead atoms. The van der Waals surface area contributed by atoms with E-state index < -0.39 is 11.7 Å². The standard InChI is InChI=1S/C23H23NO6/c1-3-28-23(27)24-18-9-10-19-17(12-22(26)30-20(19)13-18)14-29-21(25)11-15(2)16-7-5-4-6-8-16/h4-10,12-13,15H,3,11,14H2,1-2H3,(H,24,27)/t15-/m1/s1. The number of rotatable bonds is 7. The number of ether oxygens (including phenoxy) is 2. The molecule has 2 aromatic carbocycles. The maximum Gasteiger partial charge on any atom is 0.411 e. The molecule has 0 radical (unpaired) electrons. The number of carbonyl (C=O) groups excluding carboxylic acids is 2. The van der Waals surface area contributed by atoms with Gasteiger partial charge in [0.25, 0.3) is 0 Å². The van der Waals surface area contributed by atoms with E-state index >= 15 is 0 Å². The predicted octanol–water partition coefficient (Wildman–Crippen LogP) is 4.60. The fourth-order valence-corrected chi connectivity index (χ4v) is 3.08. The zero-order valence-corrected chi connectivity index (χ0v) is 16.8. The summed E-state index contributed by atoms with van der Waals surface area (Å²) in [6.07, 6.45) is -0.367. The topological polar surface area (TPSA) is 94.8 Å². The third kappa shape index (κ3) is 5.47. The highest BCUT2D eigenvalue weighted by molar-refractivity contribution is 5.90. The van der Waals surface area contributed by atoms with E-state index in [1.165, 1.54) is 12.1 Å². The van der Waals surface area contributed by atoms with Crippen molar-refractivity contribution in [1.29, 1.82) is 0 Å². The second kappa shape index (κ2) is 9.73. The summed E-state index contributed by atoms with van der Waals surface area (Å²) in [5, 5.41) is 3.17. The minimum absolute atomic E-state index is 0.0211. The van der Waals surface area contributed by atoms with Crippen molar-refractivity contribution >= 4 is 28.7 Å². The Balaban J connectivity index is 1.70. The Morgan fingerprint density at radius 1 is 1.07 bits per heavy atom. The van der Waals surface area contributed by atoms with E-state index in [4.69, 9.17) is 13.9 Å². The van der Waals surface area contributed by atoms with E-state index in [0.717, 1.165) is 5.56 Å². The van der Waals surface area contributed by atoms with Gasteiger partial charge < -0.3 is 13.9 Å². The third-order valence-corrected chi connectivity index (χ3v) is 4.58. The van der Waals surface area contributed by atoms with Crippen molar-refractivity contribution in [3.8, 4) is 0 Å². The summed E-state index contributed by atoms with van der Waals surface area (Å²) in [7, 11) is 0. The van der Waals surface area contributed by atoms with Gasteiger partial charge in [0, 0.05) is 28.8 Å². The molecule has 0 aliphatic heterocycles. The van der Waals surface area contributed by atoms with Crippen LogP contribution in [0.4, 0.5) is 10.5 Å². The SMILES string of the molecule is CCOC(=O)Nc1ccc2c(COC(=O)C[C@@H](C)c3ccccc3)cc(=O)oc2c1. The van der Waals surface area contributed by atoms with Gasteiger partial charge >= 0.3 is 17.7 Å². The van der Waals surface area contributed by atoms with Gasteiger partial charge in [-0.15, -0.1) is 0 Å². The van der Waals surface area contributed by atoms with Crippen LogP contribution < -0.4 is 10.9 Å². The van der Waals surface area contributed by atoms with Crippen LogP contribution in [-0.4, -0.2) is 18.7 Å². The molecule has 0 saturated heterocycles. The van der Waals surface area contributed by atoms with Crippen molar-refractivity contribution in [2.24, 2.45) is 0 Å². The van der Waals surface area contributed by atoms with Gasteiger partial charge in [-0.25, -0.2) is 9.59 Å². The largest absolute Gasteiger partial charge is 0.461 e. The van der Waals surface area contributed by atoms with Gasteiger partial charge in [0.05, 0.1) is 13.0 Å². The van der Waals surface area contributed by atoms with Crippen molar-refractivity contribution in [3.05, 3.63) is 76.1 Å². The smallest absolute Gasteiger partial charge is 0.411 e. The number of carbonyl (C=O) groups is 2. The van der Waals surface area contributed by atoms with Crippen LogP contribution in [-0.2, 0) is 20.9 Å². The van der Waals surface area contributed by atoms with Gasteiger partial charge in [-0.3, -0.25) is 10.1 Å². The first-order valence-electron chi connectivity index (χ1n) is 9.67. The van der Waals surface area contributed by atoms with E-state index in [1.807, 2.05) is 37.3 Å². The molecule has 1 heterocycles. The van der Waals surface area contributed by atoms with E-state index in [-0.39, 0.29) is 37.1 Å². The molecule has 0 unspecified atom stereocenters. The monoisotopic (exact) mass is 409 g/mol. The van der Waals surface area contributed by atoms with Crippen LogP contribution in [0.2, 0.25) is 0 Å². The van der Waals surface area contributed by atoms with Crippen LogP contribution in [0.25, 0.3) is 11.0 Å². The molecule has 3 rings (SSSR count). The Labute approximate surface area is 173 Å². The highest BCUT2D eigenvalue weighted by Gasteiger charge is 2.14. The molecule has 0 aliphatic rings. The lowest BCUT2D eigenvalue weighted by atomic mass is 9.98. The Bertz CT molecular complexity index is 1090. The number of hydrogen-bond donors (Lipinski definition) is 1. The fraction of sp³-hybridized carbons (Fsp3) is 0.261. The molecule has 0 fully saturated rings. The second-order valence-electron chi connectivity index (χ2n) is 6.82. The van der Waals surface area contributed by atoms with Crippen molar-refractivity contribution in [3.63, 3.8) is 0 Å². The molecular weight excluding hydrogens is 386 g/mol. The van der Waals surface area contributed by atoms with Crippen LogP contribution >= 0.6 is 0 Å². The predicted molar refractivity (Wildman–Crippen MR) is 112 cm³/mol. The van der Waals surface area contributed by atoms with Crippen LogP contribution in [0.15, 0.2) is 63.8 Å². The van der Waals surface area contributed by atoms with Crippen LogP contribution in [0, 0.1) is 0 Å². The van der Waals surface area contributed by atoms with Gasteiger partial charge in [-0.05, 0) is 30.5 Å². The van der Waals surface area contributed by atoms with Gasteiger partial charge in [0.15, 0.2) is 0 Å². The highest BCUT2D eigenvalue weighted by Crippen LogP contribution is 2.23. The van der Waals surface area contributed by atoms with Crippen LogP contribution in [0.3, 0.4) is 0 Å². The molecule has 1 amide bonds. The average molecular weight is 409 g/mol. The maximum atomic E-state index is 12.3. The lowest BCUT2D eigenvalue weighted by Gasteiger charge is -2.12. The lowest BCUT2D eigenvalue weighted by Crippen LogP contribution is -2.13. The van der Waals surface area contributed by atoms with Gasteiger partial charge in [-0.2, -0.15) is 0 Å². The quantitative estimate of drug-likeness (QED) is 0.453. The van der Waals surface area contributed by atoms with Crippen LogP contribution in [0.1, 0.15) is 37.3 Å². The number of anilines is 1. The zero-order chi connectivity index (χ0) is 21.5. The van der Waals surface area contributed by atoms with E-state index in [1.54, 1.807) is 19.1 Å². The van der Waals surface area contributed by atoms with E-state index in [2.05, 4.69) is 5.32 Å². The Hall–Kier alpha value is -3.61. The van der Waals surface area contributed by atoms with Gasteiger partial charge in [-0.1, -0.05) is 37.3 Å². The molecule has 0 aliphatic carbocycles. The number of benzene rings is 2. The average Bonchev–Trinajstić information content (AvgIpc) is 2.72. The summed E-state index contributed by atoms with van der Waals surface area (Å²) in [4.78, 5) is 35.8. The lowest BCUT2D eigenvalue weighted by molar-refractivity contribution is -0.145. The number of nitrogens with one attached hydrogen (secondary N) is 1. The first kappa shape index (κ1) is 21.1. The summed E-state index contributed by atoms with van der Waals surface area (Å²) in [6, 6.07) is 15.9. The Morgan fingerprint density at radius 2 is 1.83 bits per heavy atom. The minimum Gasteiger partial charge on any atom is -0.461 e. The number of hydrogen-bond acceptors (Lipinski definition) is 6. The first-order valence-corrected chi connectivity index (χ1v) is 9.67. The minimum atomic E-state index is -0.600. The molecule has 156 valence electrons. The maximum absolute atomic E-state index is 12.3. The zero-order valence-electron chi connectivity index (χ0n) is 16.8. The van der Waals surface area contributed by atoms with Gasteiger partial charge in [0.1, 0.15) is 12.2 Å². The molecule has 30 heavy (non-hydrogen) atoms. The first-order chi connectivity index (χ1) is 14.5. The number of fused-ring (bicyclic) bond motifs is 1.